The fraction of sp³-hybridized carbons (Fsp3) is 0.222. The smallest absolute Gasteiger partial charge is 0.139 e. The van der Waals surface area contributed by atoms with Crippen LogP contribution in [-0.2, 0) is 6.42 Å². The summed E-state index contributed by atoms with van der Waals surface area (Å²) in [6, 6.07) is 1.37. The van der Waals surface area contributed by atoms with Crippen molar-refractivity contribution in [2.45, 2.75) is 12.5 Å². The highest BCUT2D eigenvalue weighted by Crippen LogP contribution is 2.26. The van der Waals surface area contributed by atoms with Gasteiger partial charge in [0.05, 0.1) is 16.5 Å². The van der Waals surface area contributed by atoms with Crippen molar-refractivity contribution in [3.63, 3.8) is 0 Å². The van der Waals surface area contributed by atoms with Crippen LogP contribution in [0.5, 0.6) is 0 Å². The van der Waals surface area contributed by atoms with Gasteiger partial charge in [-0.3, -0.25) is 4.98 Å². The van der Waals surface area contributed by atoms with Crippen LogP contribution in [0, 0.1) is 5.82 Å². The maximum atomic E-state index is 13.1. The second-order valence-corrected chi connectivity index (χ2v) is 4.74. The Morgan fingerprint density at radius 1 is 1.50 bits per heavy atom. The summed E-state index contributed by atoms with van der Waals surface area (Å²) >= 11 is 2.70. The number of thiophene rings is 1. The van der Waals surface area contributed by atoms with Gasteiger partial charge in [0.2, 0.25) is 0 Å². The fourth-order valence-corrected chi connectivity index (χ4v) is 2.56. The molecule has 2 rings (SSSR count). The lowest BCUT2D eigenvalue weighted by atomic mass is 10.2. The Morgan fingerprint density at radius 3 is 2.93 bits per heavy atom. The Hall–Kier alpha value is -0.780. The highest BCUT2D eigenvalue weighted by atomic mass is 32.1. The molecule has 0 radical (unpaired) electrons. The van der Waals surface area contributed by atoms with E-state index in [0.717, 1.165) is 4.88 Å². The van der Waals surface area contributed by atoms with Crippen molar-refractivity contribution in [1.29, 1.82) is 0 Å². The summed E-state index contributed by atoms with van der Waals surface area (Å²) in [7, 11) is 0. The molecule has 0 bridgehead atoms. The van der Waals surface area contributed by atoms with Crippen molar-refractivity contribution in [2.24, 2.45) is 0 Å². The first-order chi connectivity index (χ1) is 6.77. The Labute approximate surface area is 88.7 Å². The van der Waals surface area contributed by atoms with Gasteiger partial charge in [-0.1, -0.05) is 0 Å². The maximum Gasteiger partial charge on any atom is 0.139 e. The van der Waals surface area contributed by atoms with Crippen molar-refractivity contribution >= 4 is 22.7 Å². The molecule has 0 aliphatic carbocycles. The van der Waals surface area contributed by atoms with Crippen molar-refractivity contribution in [3.8, 4) is 0 Å². The van der Waals surface area contributed by atoms with Crippen molar-refractivity contribution in [3.05, 3.63) is 38.7 Å². The summed E-state index contributed by atoms with van der Waals surface area (Å²) < 4.78 is 13.1. The molecule has 0 aliphatic heterocycles. The van der Waals surface area contributed by atoms with E-state index in [1.807, 2.05) is 0 Å². The normalized spacial score (nSPS) is 13.0. The van der Waals surface area contributed by atoms with E-state index in [9.17, 15) is 9.50 Å². The van der Waals surface area contributed by atoms with Gasteiger partial charge in [-0.15, -0.1) is 22.7 Å². The summed E-state index contributed by atoms with van der Waals surface area (Å²) in [5.41, 5.74) is 1.70. The largest absolute Gasteiger partial charge is 0.387 e. The third kappa shape index (κ3) is 2.00. The Balaban J connectivity index is 2.10. The molecule has 2 nitrogen and oxygen atoms in total. The van der Waals surface area contributed by atoms with Gasteiger partial charge in [-0.05, 0) is 11.4 Å². The van der Waals surface area contributed by atoms with Gasteiger partial charge in [0.15, 0.2) is 0 Å². The molecule has 14 heavy (non-hydrogen) atoms. The van der Waals surface area contributed by atoms with Crippen LogP contribution in [-0.4, -0.2) is 10.1 Å². The minimum atomic E-state index is -0.754. The molecule has 0 fully saturated rings. The van der Waals surface area contributed by atoms with E-state index in [-0.39, 0.29) is 5.82 Å². The lowest BCUT2D eigenvalue weighted by Gasteiger charge is -2.05. The third-order valence-electron chi connectivity index (χ3n) is 1.83. The molecular formula is C9H8FNOS2. The number of thiazole rings is 1. The number of aromatic nitrogens is 1. The quantitative estimate of drug-likeness (QED) is 0.877. The second kappa shape index (κ2) is 4.16. The standard InChI is InChI=1S/C9H8FNOS2/c10-7-1-2-13-9(7)8(12)3-6-4-11-5-14-6/h1-2,4-5,8,12H,3H2. The summed E-state index contributed by atoms with van der Waals surface area (Å²) in [5, 5.41) is 11.4. The maximum absolute atomic E-state index is 13.1. The summed E-state index contributed by atoms with van der Waals surface area (Å²) in [4.78, 5) is 5.26. The Kier molecular flexibility index (Phi) is 2.90. The Bertz CT molecular complexity index is 399. The predicted octanol–water partition coefficient (Wildman–Crippen LogP) is 2.62. The number of hydrogen-bond donors (Lipinski definition) is 1. The zero-order valence-corrected chi connectivity index (χ0v) is 8.82. The topological polar surface area (TPSA) is 33.1 Å². The molecule has 2 aromatic heterocycles. The number of halogens is 1. The number of aliphatic hydroxyl groups excluding tert-OH is 1. The molecular weight excluding hydrogens is 221 g/mol. The number of rotatable bonds is 3. The second-order valence-electron chi connectivity index (χ2n) is 2.82. The molecule has 5 heteroatoms. The average molecular weight is 229 g/mol. The van der Waals surface area contributed by atoms with Gasteiger partial charge in [0.1, 0.15) is 5.82 Å². The molecule has 0 saturated carbocycles. The zero-order chi connectivity index (χ0) is 9.97. The van der Waals surface area contributed by atoms with E-state index >= 15 is 0 Å². The zero-order valence-electron chi connectivity index (χ0n) is 7.18. The van der Waals surface area contributed by atoms with Gasteiger partial charge in [-0.2, -0.15) is 0 Å². The third-order valence-corrected chi connectivity index (χ3v) is 3.62. The summed E-state index contributed by atoms with van der Waals surface area (Å²) in [5.74, 6) is -0.327. The number of aliphatic hydroxyl groups is 1. The molecule has 0 amide bonds. The van der Waals surface area contributed by atoms with Gasteiger partial charge in [0, 0.05) is 17.5 Å². The van der Waals surface area contributed by atoms with Crippen LogP contribution < -0.4 is 0 Å². The molecule has 0 aliphatic rings. The van der Waals surface area contributed by atoms with Gasteiger partial charge >= 0.3 is 0 Å². The average Bonchev–Trinajstić information content (AvgIpc) is 2.75. The molecule has 2 heterocycles. The highest BCUT2D eigenvalue weighted by Gasteiger charge is 2.15. The van der Waals surface area contributed by atoms with Crippen LogP contribution in [0.3, 0.4) is 0 Å². The van der Waals surface area contributed by atoms with E-state index in [1.54, 1.807) is 17.1 Å². The van der Waals surface area contributed by atoms with E-state index < -0.39 is 6.10 Å². The summed E-state index contributed by atoms with van der Waals surface area (Å²) in [6.07, 6.45) is 1.37. The van der Waals surface area contributed by atoms with E-state index in [0.29, 0.717) is 11.3 Å². The molecule has 1 N–H and O–H groups in total. The molecule has 0 aromatic carbocycles. The molecule has 74 valence electrons. The number of nitrogens with zero attached hydrogens (tertiary/aromatic N) is 1. The molecule has 0 spiro atoms. The highest BCUT2D eigenvalue weighted by molar-refractivity contribution is 7.10. The minimum Gasteiger partial charge on any atom is -0.387 e. The van der Waals surface area contributed by atoms with E-state index in [2.05, 4.69) is 4.98 Å². The van der Waals surface area contributed by atoms with E-state index in [4.69, 9.17) is 0 Å². The summed E-state index contributed by atoms with van der Waals surface area (Å²) in [6.45, 7) is 0. The lowest BCUT2D eigenvalue weighted by molar-refractivity contribution is 0.179. The number of hydrogen-bond acceptors (Lipinski definition) is 4. The van der Waals surface area contributed by atoms with Crippen LogP contribution in [0.25, 0.3) is 0 Å². The van der Waals surface area contributed by atoms with Crippen molar-refractivity contribution < 1.29 is 9.50 Å². The van der Waals surface area contributed by atoms with Crippen LogP contribution in [0.2, 0.25) is 0 Å². The molecule has 2 aromatic rings. The van der Waals surface area contributed by atoms with Crippen molar-refractivity contribution in [1.82, 2.24) is 4.98 Å². The van der Waals surface area contributed by atoms with Crippen LogP contribution in [0.4, 0.5) is 4.39 Å². The molecule has 1 unspecified atom stereocenters. The lowest BCUT2D eigenvalue weighted by Crippen LogP contribution is -1.99. The van der Waals surface area contributed by atoms with Gasteiger partial charge in [-0.25, -0.2) is 4.39 Å². The van der Waals surface area contributed by atoms with E-state index in [1.165, 1.54) is 28.7 Å². The van der Waals surface area contributed by atoms with Crippen LogP contribution in [0.15, 0.2) is 23.2 Å². The first-order valence-corrected chi connectivity index (χ1v) is 5.81. The van der Waals surface area contributed by atoms with Crippen molar-refractivity contribution in [2.75, 3.05) is 0 Å². The van der Waals surface area contributed by atoms with Crippen LogP contribution >= 0.6 is 22.7 Å². The van der Waals surface area contributed by atoms with Gasteiger partial charge < -0.3 is 5.11 Å². The Morgan fingerprint density at radius 2 is 2.36 bits per heavy atom. The SMILES string of the molecule is OC(Cc1cncs1)c1sccc1F. The minimum absolute atomic E-state index is 0.327. The fourth-order valence-electron chi connectivity index (χ4n) is 1.17. The van der Waals surface area contributed by atoms with Crippen LogP contribution in [0.1, 0.15) is 15.9 Å². The van der Waals surface area contributed by atoms with Gasteiger partial charge in [0.25, 0.3) is 0 Å². The monoisotopic (exact) mass is 229 g/mol. The molecule has 0 saturated heterocycles. The first kappa shape index (κ1) is 9.76. The molecule has 1 atom stereocenters. The first-order valence-electron chi connectivity index (χ1n) is 4.05. The predicted molar refractivity (Wildman–Crippen MR) is 55.1 cm³/mol.